The summed E-state index contributed by atoms with van der Waals surface area (Å²) in [6.07, 6.45) is 11.3. The smallest absolute Gasteiger partial charge is 0.145 e. The molecule has 1 aromatic heterocycles. The molecule has 3 rings (SSSR count). The van der Waals surface area contributed by atoms with Gasteiger partial charge in [0.05, 0.1) is 18.4 Å². The minimum absolute atomic E-state index is 0.430. The fourth-order valence-corrected chi connectivity index (χ4v) is 4.43. The summed E-state index contributed by atoms with van der Waals surface area (Å²) in [4.78, 5) is 0. The van der Waals surface area contributed by atoms with Gasteiger partial charge in [-0.05, 0) is 62.9 Å². The average Bonchev–Trinajstić information content (AvgIpc) is 3.33. The molecular weight excluding hydrogens is 306 g/mol. The highest BCUT2D eigenvalue weighted by molar-refractivity contribution is 7.98. The second-order valence-corrected chi connectivity index (χ2v) is 8.31. The Bertz CT molecular complexity index is 490. The van der Waals surface area contributed by atoms with Crippen LogP contribution in [-0.4, -0.2) is 23.3 Å². The third-order valence-corrected chi connectivity index (χ3v) is 6.34. The van der Waals surface area contributed by atoms with E-state index in [9.17, 15) is 0 Å². The molecule has 4 heteroatoms. The Labute approximate surface area is 144 Å². The van der Waals surface area contributed by atoms with Crippen molar-refractivity contribution in [1.82, 2.24) is 5.16 Å². The van der Waals surface area contributed by atoms with Crippen LogP contribution in [0, 0.1) is 5.92 Å². The molecule has 2 fully saturated rings. The standard InChI is InChI=1S/C19H31NO2S/c1-4-13(2)18-17(19(22-20-18)15-7-8-15)11-21-16-9-5-14(6-10-16)12-23-3/h13-16H,4-12H2,1-3H3. The molecule has 1 heterocycles. The lowest BCUT2D eigenvalue weighted by Gasteiger charge is -2.28. The molecule has 2 aliphatic carbocycles. The molecule has 0 spiro atoms. The SMILES string of the molecule is CCC(C)c1noc(C2CC2)c1COC1CCC(CSC)CC1. The first kappa shape index (κ1) is 17.3. The van der Waals surface area contributed by atoms with Crippen LogP contribution >= 0.6 is 11.8 Å². The molecular formula is C19H31NO2S. The van der Waals surface area contributed by atoms with Gasteiger partial charge in [0.1, 0.15) is 5.76 Å². The van der Waals surface area contributed by atoms with Crippen LogP contribution in [0.15, 0.2) is 4.52 Å². The minimum atomic E-state index is 0.430. The maximum atomic E-state index is 6.30. The molecule has 1 atom stereocenters. The summed E-state index contributed by atoms with van der Waals surface area (Å²) in [5, 5.41) is 4.39. The lowest BCUT2D eigenvalue weighted by Crippen LogP contribution is -2.23. The molecule has 2 saturated carbocycles. The van der Waals surface area contributed by atoms with Crippen molar-refractivity contribution in [3.8, 4) is 0 Å². The lowest BCUT2D eigenvalue weighted by atomic mass is 9.88. The zero-order valence-corrected chi connectivity index (χ0v) is 15.7. The summed E-state index contributed by atoms with van der Waals surface area (Å²) in [5.74, 6) is 4.40. The Morgan fingerprint density at radius 3 is 2.57 bits per heavy atom. The maximum Gasteiger partial charge on any atom is 0.145 e. The van der Waals surface area contributed by atoms with Gasteiger partial charge in [0.15, 0.2) is 0 Å². The van der Waals surface area contributed by atoms with Crippen LogP contribution in [0.3, 0.4) is 0 Å². The van der Waals surface area contributed by atoms with Crippen LogP contribution in [0.2, 0.25) is 0 Å². The molecule has 0 amide bonds. The number of ether oxygens (including phenoxy) is 1. The Morgan fingerprint density at radius 2 is 1.96 bits per heavy atom. The number of rotatable bonds is 8. The average molecular weight is 338 g/mol. The van der Waals surface area contributed by atoms with Crippen molar-refractivity contribution in [2.75, 3.05) is 12.0 Å². The van der Waals surface area contributed by atoms with Gasteiger partial charge < -0.3 is 9.26 Å². The second-order valence-electron chi connectivity index (χ2n) is 7.40. The van der Waals surface area contributed by atoms with E-state index in [-0.39, 0.29) is 0 Å². The zero-order chi connectivity index (χ0) is 16.2. The molecule has 1 aromatic rings. The number of thioether (sulfide) groups is 1. The van der Waals surface area contributed by atoms with Gasteiger partial charge in [-0.3, -0.25) is 0 Å². The molecule has 23 heavy (non-hydrogen) atoms. The fourth-order valence-electron chi connectivity index (χ4n) is 3.63. The van der Waals surface area contributed by atoms with E-state index in [2.05, 4.69) is 25.3 Å². The molecule has 0 aliphatic heterocycles. The summed E-state index contributed by atoms with van der Waals surface area (Å²) in [6.45, 7) is 5.16. The van der Waals surface area contributed by atoms with Crippen molar-refractivity contribution in [2.24, 2.45) is 5.92 Å². The van der Waals surface area contributed by atoms with E-state index in [1.165, 1.54) is 49.8 Å². The van der Waals surface area contributed by atoms with Gasteiger partial charge in [0.25, 0.3) is 0 Å². The van der Waals surface area contributed by atoms with Gasteiger partial charge in [-0.25, -0.2) is 0 Å². The van der Waals surface area contributed by atoms with Gasteiger partial charge in [-0.1, -0.05) is 19.0 Å². The first-order valence-corrected chi connectivity index (χ1v) is 10.7. The van der Waals surface area contributed by atoms with Crippen molar-refractivity contribution in [3.63, 3.8) is 0 Å². The van der Waals surface area contributed by atoms with Gasteiger partial charge in [-0.2, -0.15) is 11.8 Å². The van der Waals surface area contributed by atoms with Gasteiger partial charge in [0.2, 0.25) is 0 Å². The van der Waals surface area contributed by atoms with E-state index in [0.717, 1.165) is 23.8 Å². The van der Waals surface area contributed by atoms with Crippen LogP contribution in [0.5, 0.6) is 0 Å². The Balaban J connectivity index is 1.58. The molecule has 2 aliphatic rings. The highest BCUT2D eigenvalue weighted by Crippen LogP contribution is 2.44. The van der Waals surface area contributed by atoms with Crippen molar-refractivity contribution < 1.29 is 9.26 Å². The third kappa shape index (κ3) is 4.33. The number of hydrogen-bond donors (Lipinski definition) is 0. The van der Waals surface area contributed by atoms with E-state index < -0.39 is 0 Å². The molecule has 0 aromatic carbocycles. The largest absolute Gasteiger partial charge is 0.373 e. The first-order valence-electron chi connectivity index (χ1n) is 9.31. The molecule has 0 N–H and O–H groups in total. The topological polar surface area (TPSA) is 35.3 Å². The number of nitrogens with zero attached hydrogens (tertiary/aromatic N) is 1. The molecule has 3 nitrogen and oxygen atoms in total. The van der Waals surface area contributed by atoms with Gasteiger partial charge in [0, 0.05) is 17.4 Å². The molecule has 0 radical (unpaired) electrons. The Morgan fingerprint density at radius 1 is 1.22 bits per heavy atom. The van der Waals surface area contributed by atoms with Crippen molar-refractivity contribution >= 4 is 11.8 Å². The molecule has 0 bridgehead atoms. The predicted molar refractivity (Wildman–Crippen MR) is 96.1 cm³/mol. The summed E-state index contributed by atoms with van der Waals surface area (Å²) in [6, 6.07) is 0. The highest BCUT2D eigenvalue weighted by atomic mass is 32.2. The molecule has 130 valence electrons. The third-order valence-electron chi connectivity index (χ3n) is 5.54. The first-order chi connectivity index (χ1) is 11.2. The normalized spacial score (nSPS) is 26.4. The Kier molecular flexibility index (Phi) is 6.08. The molecule has 0 saturated heterocycles. The Hall–Kier alpha value is -0.480. The predicted octanol–water partition coefficient (Wildman–Crippen LogP) is 5.50. The van der Waals surface area contributed by atoms with Crippen molar-refractivity contribution in [2.45, 2.75) is 83.3 Å². The lowest BCUT2D eigenvalue weighted by molar-refractivity contribution is 0.00824. The van der Waals surface area contributed by atoms with E-state index in [1.807, 2.05) is 11.8 Å². The van der Waals surface area contributed by atoms with E-state index in [4.69, 9.17) is 9.26 Å². The maximum absolute atomic E-state index is 6.30. The monoisotopic (exact) mass is 337 g/mol. The number of hydrogen-bond acceptors (Lipinski definition) is 4. The van der Waals surface area contributed by atoms with Gasteiger partial charge >= 0.3 is 0 Å². The van der Waals surface area contributed by atoms with Crippen LogP contribution in [0.1, 0.15) is 87.6 Å². The van der Waals surface area contributed by atoms with Crippen LogP contribution in [0.4, 0.5) is 0 Å². The van der Waals surface area contributed by atoms with Crippen molar-refractivity contribution in [1.29, 1.82) is 0 Å². The summed E-state index contributed by atoms with van der Waals surface area (Å²) >= 11 is 1.98. The minimum Gasteiger partial charge on any atom is -0.373 e. The summed E-state index contributed by atoms with van der Waals surface area (Å²) in [7, 11) is 0. The van der Waals surface area contributed by atoms with Gasteiger partial charge in [-0.15, -0.1) is 0 Å². The summed E-state index contributed by atoms with van der Waals surface area (Å²) in [5.41, 5.74) is 2.42. The number of aromatic nitrogens is 1. The van der Waals surface area contributed by atoms with E-state index in [1.54, 1.807) is 0 Å². The van der Waals surface area contributed by atoms with Crippen LogP contribution < -0.4 is 0 Å². The van der Waals surface area contributed by atoms with E-state index >= 15 is 0 Å². The fraction of sp³-hybridized carbons (Fsp3) is 0.842. The second kappa shape index (κ2) is 8.06. The zero-order valence-electron chi connectivity index (χ0n) is 14.8. The quantitative estimate of drug-likeness (QED) is 0.627. The molecule has 1 unspecified atom stereocenters. The van der Waals surface area contributed by atoms with Crippen LogP contribution in [-0.2, 0) is 11.3 Å². The highest BCUT2D eigenvalue weighted by Gasteiger charge is 2.33. The van der Waals surface area contributed by atoms with E-state index in [0.29, 0.717) is 24.5 Å². The van der Waals surface area contributed by atoms with Crippen molar-refractivity contribution in [3.05, 3.63) is 17.0 Å². The van der Waals surface area contributed by atoms with Crippen LogP contribution in [0.25, 0.3) is 0 Å². The summed E-state index contributed by atoms with van der Waals surface area (Å²) < 4.78 is 12.0.